The Balaban J connectivity index is 1.21. The van der Waals surface area contributed by atoms with Gasteiger partial charge < -0.3 is 26.1 Å². The Hall–Kier alpha value is -3.38. The van der Waals surface area contributed by atoms with Crippen LogP contribution in [-0.2, 0) is 19.2 Å². The van der Waals surface area contributed by atoms with Crippen LogP contribution in [0.25, 0.3) is 0 Å². The standard InChI is InChI=1S/C25H30N8O6S3/c1-39-29-18(17-14-42-25(26)27-17)21(35)28-19-22(36)33-20(24(37)38)15(13-41-23(19)33)12-40-16-2-4-31(5-3-16)32-8-6-30(7-9-32)10-11-34/h2-5,14,19,23,34H,6-13H2,1H3,(H3-,26,27,28,35,37,38)/p+1. The number of rotatable bonds is 11. The number of aliphatic carboxylic acids is 1. The third kappa shape index (κ3) is 6.34. The fraction of sp³-hybridized carbons (Fsp3) is 0.440. The zero-order chi connectivity index (χ0) is 29.8. The maximum absolute atomic E-state index is 13.1. The first kappa shape index (κ1) is 30.1. The molecule has 2 amide bonds. The largest absolute Gasteiger partial charge is 0.477 e. The highest BCUT2D eigenvalue weighted by molar-refractivity contribution is 8.01. The first-order valence-corrected chi connectivity index (χ1v) is 16.0. The van der Waals surface area contributed by atoms with Gasteiger partial charge in [-0.15, -0.1) is 34.9 Å². The summed E-state index contributed by atoms with van der Waals surface area (Å²) in [6.07, 6.45) is 3.96. The molecule has 42 heavy (non-hydrogen) atoms. The number of fused-ring (bicyclic) bond motifs is 1. The van der Waals surface area contributed by atoms with E-state index in [1.54, 1.807) is 5.38 Å². The van der Waals surface area contributed by atoms with Gasteiger partial charge in [-0.3, -0.25) is 19.4 Å². The summed E-state index contributed by atoms with van der Waals surface area (Å²) in [7, 11) is 1.29. The first-order valence-electron chi connectivity index (χ1n) is 13.1. The van der Waals surface area contributed by atoms with Gasteiger partial charge >= 0.3 is 5.97 Å². The van der Waals surface area contributed by atoms with E-state index in [4.69, 9.17) is 15.7 Å². The Morgan fingerprint density at radius 2 is 2.02 bits per heavy atom. The third-order valence-corrected chi connectivity index (χ3v) is 10.1. The molecule has 5 heterocycles. The van der Waals surface area contributed by atoms with Gasteiger partial charge in [0, 0.05) is 53.5 Å². The summed E-state index contributed by atoms with van der Waals surface area (Å²) >= 11 is 4.04. The molecule has 0 aromatic carbocycles. The predicted octanol–water partition coefficient (Wildman–Crippen LogP) is -0.860. The Bertz CT molecular complexity index is 1390. The van der Waals surface area contributed by atoms with E-state index < -0.39 is 29.2 Å². The number of anilines is 1. The molecule has 2 atom stereocenters. The second-order valence-corrected chi connectivity index (χ2v) is 12.6. The molecule has 2 aromatic rings. The smallest absolute Gasteiger partial charge is 0.352 e. The van der Waals surface area contributed by atoms with Crippen molar-refractivity contribution in [3.63, 3.8) is 0 Å². The number of piperazine rings is 1. The molecule has 0 spiro atoms. The van der Waals surface area contributed by atoms with Gasteiger partial charge in [-0.25, -0.2) is 9.78 Å². The van der Waals surface area contributed by atoms with Gasteiger partial charge in [0.2, 0.25) is 12.4 Å². The van der Waals surface area contributed by atoms with Crippen LogP contribution in [0, 0.1) is 0 Å². The van der Waals surface area contributed by atoms with Crippen LogP contribution in [-0.4, -0.2) is 118 Å². The monoisotopic (exact) mass is 635 g/mol. The fourth-order valence-electron chi connectivity index (χ4n) is 4.89. The van der Waals surface area contributed by atoms with E-state index in [0.717, 1.165) is 42.4 Å². The maximum Gasteiger partial charge on any atom is 0.352 e. The molecule has 3 aliphatic rings. The van der Waals surface area contributed by atoms with Gasteiger partial charge in [0.05, 0.1) is 19.7 Å². The minimum Gasteiger partial charge on any atom is -0.477 e. The number of aromatic nitrogens is 2. The first-order chi connectivity index (χ1) is 20.3. The van der Waals surface area contributed by atoms with Crippen molar-refractivity contribution in [3.05, 3.63) is 46.9 Å². The lowest BCUT2D eigenvalue weighted by Gasteiger charge is -2.49. The minimum atomic E-state index is -1.18. The van der Waals surface area contributed by atoms with E-state index in [2.05, 4.69) is 25.4 Å². The quantitative estimate of drug-likeness (QED) is 0.0791. The number of β-lactam (4-membered cyclic amide) rings is 1. The molecule has 3 aliphatic heterocycles. The molecular formula is C25H31N8O6S3+. The number of aliphatic hydroxyl groups is 1. The summed E-state index contributed by atoms with van der Waals surface area (Å²) in [6, 6.07) is 3.05. The van der Waals surface area contributed by atoms with Crippen molar-refractivity contribution >= 4 is 63.5 Å². The van der Waals surface area contributed by atoms with E-state index in [9.17, 15) is 19.5 Å². The Kier molecular flexibility index (Phi) is 9.52. The number of carboxylic acid groups (broad SMARTS) is 1. The number of pyridine rings is 1. The number of nitrogen functional groups attached to an aromatic ring is 1. The number of amides is 2. The van der Waals surface area contributed by atoms with E-state index in [1.807, 2.05) is 29.2 Å². The summed E-state index contributed by atoms with van der Waals surface area (Å²) in [5, 5.41) is 29.0. The molecular weight excluding hydrogens is 605 g/mol. The van der Waals surface area contributed by atoms with Gasteiger partial charge in [-0.2, -0.15) is 5.01 Å². The Morgan fingerprint density at radius 1 is 1.29 bits per heavy atom. The van der Waals surface area contributed by atoms with Crippen LogP contribution in [0.1, 0.15) is 5.69 Å². The summed E-state index contributed by atoms with van der Waals surface area (Å²) in [4.78, 5) is 51.6. The fourth-order valence-corrected chi connectivity index (χ4v) is 7.81. The van der Waals surface area contributed by atoms with E-state index in [0.29, 0.717) is 23.6 Å². The average molecular weight is 636 g/mol. The van der Waals surface area contributed by atoms with Crippen molar-refractivity contribution in [2.75, 3.05) is 68.7 Å². The van der Waals surface area contributed by atoms with Gasteiger partial charge in [-0.05, 0) is 5.57 Å². The highest BCUT2D eigenvalue weighted by atomic mass is 32.2. The second-order valence-electron chi connectivity index (χ2n) is 9.53. The summed E-state index contributed by atoms with van der Waals surface area (Å²) < 4.78 is 2.04. The summed E-state index contributed by atoms with van der Waals surface area (Å²) in [5.74, 6) is -1.55. The number of hydrogen-bond acceptors (Lipinski definition) is 13. The molecule has 0 saturated carbocycles. The maximum atomic E-state index is 13.1. The normalized spacial score (nSPS) is 21.2. The van der Waals surface area contributed by atoms with Crippen LogP contribution < -0.4 is 20.7 Å². The minimum absolute atomic E-state index is 0.0356. The molecule has 14 nitrogen and oxygen atoms in total. The highest BCUT2D eigenvalue weighted by Gasteiger charge is 2.54. The zero-order valence-electron chi connectivity index (χ0n) is 22.7. The topological polar surface area (TPSA) is 178 Å². The second kappa shape index (κ2) is 13.3. The van der Waals surface area contributed by atoms with Crippen LogP contribution in [0.4, 0.5) is 5.13 Å². The number of carboxylic acids is 1. The molecule has 2 saturated heterocycles. The number of nitrogens with one attached hydrogen (secondary N) is 1. The Labute approximate surface area is 254 Å². The number of carbonyl (C=O) groups excluding carboxylic acids is 2. The number of thioether (sulfide) groups is 2. The van der Waals surface area contributed by atoms with Gasteiger partial charge in [-0.1, -0.05) is 9.83 Å². The van der Waals surface area contributed by atoms with E-state index >= 15 is 0 Å². The molecule has 2 fully saturated rings. The van der Waals surface area contributed by atoms with Crippen molar-refractivity contribution in [2.45, 2.75) is 16.3 Å². The SMILES string of the molecule is CON=C(C(=O)NC1C(=O)N2C(C(=O)O)=C(CSc3cc[n+](N4CCN(CCO)CC4)cc3)CSC12)c1csc(N)n1. The molecule has 2 unspecified atom stereocenters. The lowest BCUT2D eigenvalue weighted by Crippen LogP contribution is -2.71. The van der Waals surface area contributed by atoms with E-state index in [-0.39, 0.29) is 28.8 Å². The number of oxime groups is 1. The van der Waals surface area contributed by atoms with Crippen LogP contribution in [0.3, 0.4) is 0 Å². The third-order valence-electron chi connectivity index (χ3n) is 6.99. The van der Waals surface area contributed by atoms with Crippen LogP contribution in [0.5, 0.6) is 0 Å². The van der Waals surface area contributed by atoms with Gasteiger partial charge in [0.15, 0.2) is 10.8 Å². The lowest BCUT2D eigenvalue weighted by atomic mass is 10.0. The zero-order valence-corrected chi connectivity index (χ0v) is 25.2. The van der Waals surface area contributed by atoms with Gasteiger partial charge in [0.25, 0.3) is 11.8 Å². The molecule has 17 heteroatoms. The molecule has 0 radical (unpaired) electrons. The van der Waals surface area contributed by atoms with Crippen molar-refractivity contribution in [1.29, 1.82) is 0 Å². The number of aliphatic hydroxyl groups excluding tert-OH is 1. The number of thiazole rings is 1. The number of β-amino-alcohol motifs (C(OH)–C–C–N with tert-alkyl or cyclic N) is 1. The lowest BCUT2D eigenvalue weighted by molar-refractivity contribution is -0.694. The van der Waals surface area contributed by atoms with Crippen molar-refractivity contribution < 1.29 is 34.1 Å². The number of carbonyl (C=O) groups is 3. The van der Waals surface area contributed by atoms with Crippen molar-refractivity contribution in [1.82, 2.24) is 20.1 Å². The number of nitrogens with zero attached hydrogens (tertiary/aromatic N) is 6. The van der Waals surface area contributed by atoms with Crippen LogP contribution >= 0.6 is 34.9 Å². The molecule has 0 bridgehead atoms. The van der Waals surface area contributed by atoms with Gasteiger partial charge in [0.1, 0.15) is 29.9 Å². The molecule has 224 valence electrons. The van der Waals surface area contributed by atoms with Crippen LogP contribution in [0.2, 0.25) is 0 Å². The molecule has 2 aromatic heterocycles. The molecule has 5 N–H and O–H groups in total. The Morgan fingerprint density at radius 3 is 2.64 bits per heavy atom. The predicted molar refractivity (Wildman–Crippen MR) is 159 cm³/mol. The number of hydrogen-bond donors (Lipinski definition) is 4. The van der Waals surface area contributed by atoms with Crippen LogP contribution in [0.15, 0.2) is 51.2 Å². The summed E-state index contributed by atoms with van der Waals surface area (Å²) in [6.45, 7) is 4.34. The molecule has 5 rings (SSSR count). The highest BCUT2D eigenvalue weighted by Crippen LogP contribution is 2.41. The molecule has 0 aliphatic carbocycles. The van der Waals surface area contributed by atoms with E-state index in [1.165, 1.54) is 35.5 Å². The number of nitrogens with two attached hydrogens (primary N) is 1. The average Bonchev–Trinajstić information content (AvgIpc) is 3.43. The van der Waals surface area contributed by atoms with Crippen molar-refractivity contribution in [2.24, 2.45) is 5.16 Å². The summed E-state index contributed by atoms with van der Waals surface area (Å²) in [5.41, 5.74) is 6.37. The van der Waals surface area contributed by atoms with Crippen molar-refractivity contribution in [3.8, 4) is 0 Å².